The van der Waals surface area contributed by atoms with Gasteiger partial charge in [-0.15, -0.1) is 0 Å². The fourth-order valence-corrected chi connectivity index (χ4v) is 1.51. The molecular formula is C12H13F3N4O. The monoisotopic (exact) mass is 286 g/mol. The molecule has 0 fully saturated rings. The van der Waals surface area contributed by atoms with E-state index in [-0.39, 0.29) is 18.3 Å². The Kier molecular flexibility index (Phi) is 4.11. The highest BCUT2D eigenvalue weighted by Gasteiger charge is 2.33. The zero-order valence-corrected chi connectivity index (χ0v) is 10.7. The van der Waals surface area contributed by atoms with Crippen LogP contribution >= 0.6 is 0 Å². The molecule has 0 bridgehead atoms. The molecule has 0 aromatic carbocycles. The first-order valence-electron chi connectivity index (χ1n) is 5.95. The van der Waals surface area contributed by atoms with Crippen LogP contribution in [0, 0.1) is 0 Å². The molecule has 2 heterocycles. The zero-order valence-electron chi connectivity index (χ0n) is 10.7. The number of anilines is 2. The van der Waals surface area contributed by atoms with Gasteiger partial charge in [-0.25, -0.2) is 4.98 Å². The number of nitrogens with zero attached hydrogens (tertiary/aromatic N) is 2. The largest absolute Gasteiger partial charge is 0.467 e. The van der Waals surface area contributed by atoms with Gasteiger partial charge < -0.3 is 15.1 Å². The Bertz CT molecular complexity index is 554. The fourth-order valence-electron chi connectivity index (χ4n) is 1.51. The maximum absolute atomic E-state index is 12.7. The summed E-state index contributed by atoms with van der Waals surface area (Å²) in [7, 11) is 0. The molecule has 0 saturated heterocycles. The van der Waals surface area contributed by atoms with Crippen LogP contribution in [0.5, 0.6) is 0 Å². The predicted molar refractivity (Wildman–Crippen MR) is 67.2 cm³/mol. The van der Waals surface area contributed by atoms with E-state index in [4.69, 9.17) is 4.42 Å². The third kappa shape index (κ3) is 3.62. The van der Waals surface area contributed by atoms with Crippen LogP contribution in [-0.2, 0) is 12.7 Å². The minimum absolute atomic E-state index is 0.0655. The summed E-state index contributed by atoms with van der Waals surface area (Å²) < 4.78 is 43.3. The van der Waals surface area contributed by atoms with E-state index < -0.39 is 11.9 Å². The van der Waals surface area contributed by atoms with Gasteiger partial charge in [0.05, 0.1) is 12.8 Å². The topological polar surface area (TPSA) is 63.0 Å². The Labute approximate surface area is 113 Å². The SMILES string of the molecule is CCNc1nc(NCc2ccco2)cc(C(F)(F)F)n1. The van der Waals surface area contributed by atoms with Crippen molar-refractivity contribution in [3.63, 3.8) is 0 Å². The summed E-state index contributed by atoms with van der Waals surface area (Å²) in [4.78, 5) is 7.39. The van der Waals surface area contributed by atoms with E-state index in [0.29, 0.717) is 12.3 Å². The van der Waals surface area contributed by atoms with E-state index in [1.165, 1.54) is 6.26 Å². The van der Waals surface area contributed by atoms with Gasteiger partial charge in [-0.3, -0.25) is 0 Å². The number of rotatable bonds is 5. The summed E-state index contributed by atoms with van der Waals surface area (Å²) in [5.74, 6) is 0.617. The van der Waals surface area contributed by atoms with Crippen LogP contribution < -0.4 is 10.6 Å². The average molecular weight is 286 g/mol. The molecular weight excluding hydrogens is 273 g/mol. The van der Waals surface area contributed by atoms with Crippen LogP contribution in [0.1, 0.15) is 18.4 Å². The van der Waals surface area contributed by atoms with Gasteiger partial charge in [-0.2, -0.15) is 18.2 Å². The van der Waals surface area contributed by atoms with E-state index in [0.717, 1.165) is 6.07 Å². The molecule has 0 aliphatic heterocycles. The number of halogens is 3. The Morgan fingerprint density at radius 1 is 1.25 bits per heavy atom. The van der Waals surface area contributed by atoms with Crippen LogP contribution in [0.15, 0.2) is 28.9 Å². The Hall–Kier alpha value is -2.25. The summed E-state index contributed by atoms with van der Waals surface area (Å²) in [6.07, 6.45) is -3.03. The van der Waals surface area contributed by atoms with Gasteiger partial charge in [0.1, 0.15) is 11.6 Å². The minimum atomic E-state index is -4.52. The van der Waals surface area contributed by atoms with Gasteiger partial charge in [0, 0.05) is 12.6 Å². The van der Waals surface area contributed by atoms with Crippen molar-refractivity contribution in [3.05, 3.63) is 35.9 Å². The minimum Gasteiger partial charge on any atom is -0.467 e. The Morgan fingerprint density at radius 2 is 2.05 bits per heavy atom. The lowest BCUT2D eigenvalue weighted by Crippen LogP contribution is -2.14. The van der Waals surface area contributed by atoms with Crippen molar-refractivity contribution in [1.29, 1.82) is 0 Å². The zero-order chi connectivity index (χ0) is 14.6. The normalized spacial score (nSPS) is 11.4. The fraction of sp³-hybridized carbons (Fsp3) is 0.333. The molecule has 0 aliphatic carbocycles. The lowest BCUT2D eigenvalue weighted by molar-refractivity contribution is -0.141. The van der Waals surface area contributed by atoms with E-state index in [1.807, 2.05) is 0 Å². The first-order valence-corrected chi connectivity index (χ1v) is 5.95. The summed E-state index contributed by atoms with van der Waals surface area (Å²) in [5.41, 5.74) is -0.995. The number of alkyl halides is 3. The van der Waals surface area contributed by atoms with Crippen LogP contribution in [-0.4, -0.2) is 16.5 Å². The van der Waals surface area contributed by atoms with Crippen molar-refractivity contribution in [2.75, 3.05) is 17.2 Å². The lowest BCUT2D eigenvalue weighted by atomic mass is 10.3. The number of nitrogens with one attached hydrogen (secondary N) is 2. The van der Waals surface area contributed by atoms with Crippen molar-refractivity contribution in [3.8, 4) is 0 Å². The van der Waals surface area contributed by atoms with Crippen LogP contribution in [0.4, 0.5) is 24.9 Å². The van der Waals surface area contributed by atoms with E-state index >= 15 is 0 Å². The maximum Gasteiger partial charge on any atom is 0.433 e. The molecule has 0 unspecified atom stereocenters. The molecule has 2 N–H and O–H groups in total. The molecule has 0 atom stereocenters. The summed E-state index contributed by atoms with van der Waals surface area (Å²) >= 11 is 0. The van der Waals surface area contributed by atoms with Gasteiger partial charge >= 0.3 is 6.18 Å². The van der Waals surface area contributed by atoms with Crippen molar-refractivity contribution in [1.82, 2.24) is 9.97 Å². The molecule has 0 aliphatic rings. The van der Waals surface area contributed by atoms with Gasteiger partial charge in [0.15, 0.2) is 5.69 Å². The van der Waals surface area contributed by atoms with Crippen molar-refractivity contribution in [2.24, 2.45) is 0 Å². The first-order chi connectivity index (χ1) is 9.49. The highest BCUT2D eigenvalue weighted by atomic mass is 19.4. The molecule has 0 amide bonds. The van der Waals surface area contributed by atoms with E-state index in [9.17, 15) is 13.2 Å². The molecule has 108 valence electrons. The molecule has 2 rings (SSSR count). The molecule has 5 nitrogen and oxygen atoms in total. The van der Waals surface area contributed by atoms with Gasteiger partial charge in [0.2, 0.25) is 5.95 Å². The second-order valence-electron chi connectivity index (χ2n) is 3.92. The summed E-state index contributed by atoms with van der Waals surface area (Å²) in [5, 5.41) is 5.44. The smallest absolute Gasteiger partial charge is 0.433 e. The Balaban J connectivity index is 2.20. The standard InChI is InChI=1S/C12H13F3N4O/c1-2-16-11-18-9(12(13,14)15)6-10(19-11)17-7-8-4-3-5-20-8/h3-6H,2,7H2,1H3,(H2,16,17,18,19). The molecule has 0 spiro atoms. The number of furan rings is 1. The summed E-state index contributed by atoms with van der Waals surface area (Å²) in [6.45, 7) is 2.42. The average Bonchev–Trinajstić information content (AvgIpc) is 2.88. The number of hydrogen-bond acceptors (Lipinski definition) is 5. The van der Waals surface area contributed by atoms with E-state index in [1.54, 1.807) is 19.1 Å². The molecule has 20 heavy (non-hydrogen) atoms. The van der Waals surface area contributed by atoms with Gasteiger partial charge in [-0.05, 0) is 19.1 Å². The van der Waals surface area contributed by atoms with Crippen molar-refractivity contribution >= 4 is 11.8 Å². The molecule has 0 radical (unpaired) electrons. The maximum atomic E-state index is 12.7. The van der Waals surface area contributed by atoms with Crippen LogP contribution in [0.25, 0.3) is 0 Å². The summed E-state index contributed by atoms with van der Waals surface area (Å²) in [6, 6.07) is 4.27. The lowest BCUT2D eigenvalue weighted by Gasteiger charge is -2.11. The second kappa shape index (κ2) is 5.81. The number of aromatic nitrogens is 2. The molecule has 8 heteroatoms. The second-order valence-corrected chi connectivity index (χ2v) is 3.92. The van der Waals surface area contributed by atoms with Crippen LogP contribution in [0.2, 0.25) is 0 Å². The number of hydrogen-bond donors (Lipinski definition) is 2. The molecule has 2 aromatic rings. The molecule has 0 saturated carbocycles. The predicted octanol–water partition coefficient (Wildman–Crippen LogP) is 3.13. The van der Waals surface area contributed by atoms with Gasteiger partial charge in [-0.1, -0.05) is 0 Å². The van der Waals surface area contributed by atoms with Crippen LogP contribution in [0.3, 0.4) is 0 Å². The highest BCUT2D eigenvalue weighted by molar-refractivity contribution is 5.43. The third-order valence-electron chi connectivity index (χ3n) is 2.38. The van der Waals surface area contributed by atoms with Crippen molar-refractivity contribution < 1.29 is 17.6 Å². The Morgan fingerprint density at radius 3 is 2.65 bits per heavy atom. The quantitative estimate of drug-likeness (QED) is 0.884. The first kappa shape index (κ1) is 14.2. The van der Waals surface area contributed by atoms with Gasteiger partial charge in [0.25, 0.3) is 0 Å². The highest BCUT2D eigenvalue weighted by Crippen LogP contribution is 2.29. The molecule has 2 aromatic heterocycles. The third-order valence-corrected chi connectivity index (χ3v) is 2.38. The van der Waals surface area contributed by atoms with E-state index in [2.05, 4.69) is 20.6 Å². The van der Waals surface area contributed by atoms with Crippen molar-refractivity contribution in [2.45, 2.75) is 19.6 Å².